The number of nitrogens with one attached hydrogen (secondary N) is 2. The zero-order valence-corrected chi connectivity index (χ0v) is 16.9. The van der Waals surface area contributed by atoms with Gasteiger partial charge in [-0.1, -0.05) is 31.5 Å². The maximum absolute atomic E-state index is 12.6. The van der Waals surface area contributed by atoms with Crippen molar-refractivity contribution >= 4 is 39.2 Å². The second-order valence-corrected chi connectivity index (χ2v) is 10.1. The topological polar surface area (TPSA) is 74.8 Å². The predicted molar refractivity (Wildman–Crippen MR) is 107 cm³/mol. The lowest BCUT2D eigenvalue weighted by atomic mass is 9.89. The van der Waals surface area contributed by atoms with E-state index in [1.165, 1.54) is 35.0 Å². The summed E-state index contributed by atoms with van der Waals surface area (Å²) < 4.78 is 0. The number of H-pyrrole nitrogens is 1. The monoisotopic (exact) mass is 391 g/mol. The molecule has 0 aliphatic heterocycles. The number of aromatic nitrogens is 2. The Balaban J connectivity index is 1.53. The summed E-state index contributed by atoms with van der Waals surface area (Å²) in [6.45, 7) is 4.14. The summed E-state index contributed by atoms with van der Waals surface area (Å²) in [5, 5.41) is 4.16. The van der Waals surface area contributed by atoms with Crippen molar-refractivity contribution in [1.29, 1.82) is 0 Å². The van der Waals surface area contributed by atoms with E-state index in [9.17, 15) is 9.59 Å². The Kier molecular flexibility index (Phi) is 5.10. The summed E-state index contributed by atoms with van der Waals surface area (Å²) in [6, 6.07) is 0.311. The van der Waals surface area contributed by atoms with Gasteiger partial charge in [-0.3, -0.25) is 9.59 Å². The highest BCUT2D eigenvalue weighted by molar-refractivity contribution is 8.00. The minimum Gasteiger partial charge on any atom is -0.352 e. The van der Waals surface area contributed by atoms with Crippen LogP contribution in [0.1, 0.15) is 56.4 Å². The molecular weight excluding hydrogens is 366 g/mol. The Morgan fingerprint density at radius 1 is 1.35 bits per heavy atom. The minimum absolute atomic E-state index is 0.0314. The molecule has 2 aliphatic rings. The van der Waals surface area contributed by atoms with Gasteiger partial charge in [0.25, 0.3) is 5.56 Å². The van der Waals surface area contributed by atoms with Gasteiger partial charge in [-0.15, -0.1) is 11.3 Å². The highest BCUT2D eigenvalue weighted by Gasteiger charge is 2.25. The number of amides is 1. The SMILES string of the molecule is C[C@H]1CCc2c(sc3nc(S[C@H](C)C(=O)NC4CCCC4)[nH]c(=O)c23)C1. The highest BCUT2D eigenvalue weighted by atomic mass is 32.2. The fourth-order valence-electron chi connectivity index (χ4n) is 3.99. The molecule has 0 spiro atoms. The van der Waals surface area contributed by atoms with E-state index >= 15 is 0 Å². The Morgan fingerprint density at radius 2 is 2.12 bits per heavy atom. The third-order valence-electron chi connectivity index (χ3n) is 5.50. The molecule has 2 aromatic heterocycles. The van der Waals surface area contributed by atoms with Gasteiger partial charge in [-0.05, 0) is 50.5 Å². The fraction of sp³-hybridized carbons (Fsp3) is 0.632. The van der Waals surface area contributed by atoms with Crippen molar-refractivity contribution in [2.24, 2.45) is 5.92 Å². The summed E-state index contributed by atoms with van der Waals surface area (Å²) in [5.41, 5.74) is 1.13. The summed E-state index contributed by atoms with van der Waals surface area (Å²) in [4.78, 5) is 34.7. The molecular formula is C19H25N3O2S2. The lowest BCUT2D eigenvalue weighted by Crippen LogP contribution is -2.37. The van der Waals surface area contributed by atoms with Gasteiger partial charge in [0.05, 0.1) is 10.6 Å². The van der Waals surface area contributed by atoms with Crippen LogP contribution in [-0.4, -0.2) is 27.2 Å². The molecule has 0 aromatic carbocycles. The number of aromatic amines is 1. The molecule has 0 unspecified atom stereocenters. The summed E-state index contributed by atoms with van der Waals surface area (Å²) in [6.07, 6.45) is 7.67. The van der Waals surface area contributed by atoms with Crippen LogP contribution in [0.15, 0.2) is 9.95 Å². The van der Waals surface area contributed by atoms with Gasteiger partial charge in [-0.25, -0.2) is 4.98 Å². The molecule has 26 heavy (non-hydrogen) atoms. The molecule has 2 atom stereocenters. The number of carbonyl (C=O) groups is 1. The molecule has 5 nitrogen and oxygen atoms in total. The van der Waals surface area contributed by atoms with Crippen LogP contribution in [0.4, 0.5) is 0 Å². The van der Waals surface area contributed by atoms with Crippen LogP contribution in [0.3, 0.4) is 0 Å². The quantitative estimate of drug-likeness (QED) is 0.616. The third-order valence-corrected chi connectivity index (χ3v) is 7.64. The van der Waals surface area contributed by atoms with Crippen LogP contribution >= 0.6 is 23.1 Å². The van der Waals surface area contributed by atoms with Gasteiger partial charge in [0.1, 0.15) is 4.83 Å². The van der Waals surface area contributed by atoms with Gasteiger partial charge in [0.2, 0.25) is 5.91 Å². The number of thioether (sulfide) groups is 1. The van der Waals surface area contributed by atoms with Gasteiger partial charge >= 0.3 is 0 Å². The Bertz CT molecular complexity index is 883. The molecule has 0 saturated heterocycles. The van der Waals surface area contributed by atoms with E-state index in [0.29, 0.717) is 17.1 Å². The number of fused-ring (bicyclic) bond motifs is 3. The summed E-state index contributed by atoms with van der Waals surface area (Å²) in [5.74, 6) is 0.701. The first-order valence-electron chi connectivity index (χ1n) is 9.53. The number of carbonyl (C=O) groups excluding carboxylic acids is 1. The van der Waals surface area contributed by atoms with Crippen LogP contribution in [0.2, 0.25) is 0 Å². The molecule has 2 heterocycles. The molecule has 1 saturated carbocycles. The Morgan fingerprint density at radius 3 is 2.88 bits per heavy atom. The van der Waals surface area contributed by atoms with Gasteiger partial charge < -0.3 is 10.3 Å². The molecule has 0 radical (unpaired) electrons. The van der Waals surface area contributed by atoms with Gasteiger partial charge in [-0.2, -0.15) is 0 Å². The lowest BCUT2D eigenvalue weighted by Gasteiger charge is -2.17. The second-order valence-electron chi connectivity index (χ2n) is 7.65. The largest absolute Gasteiger partial charge is 0.352 e. The van der Waals surface area contributed by atoms with Crippen molar-refractivity contribution in [2.45, 2.75) is 75.2 Å². The maximum atomic E-state index is 12.6. The Labute approximate surface area is 161 Å². The molecule has 0 bridgehead atoms. The van der Waals surface area contributed by atoms with Crippen LogP contribution < -0.4 is 10.9 Å². The van der Waals surface area contributed by atoms with E-state index in [4.69, 9.17) is 0 Å². The molecule has 1 amide bonds. The van der Waals surface area contributed by atoms with E-state index in [-0.39, 0.29) is 16.7 Å². The molecule has 4 rings (SSSR count). The van der Waals surface area contributed by atoms with Crippen LogP contribution in [-0.2, 0) is 17.6 Å². The second kappa shape index (κ2) is 7.35. The highest BCUT2D eigenvalue weighted by Crippen LogP contribution is 2.36. The molecule has 140 valence electrons. The molecule has 2 aliphatic carbocycles. The normalized spacial score (nSPS) is 21.7. The van der Waals surface area contributed by atoms with E-state index in [1.54, 1.807) is 11.3 Å². The average molecular weight is 392 g/mol. The van der Waals surface area contributed by atoms with E-state index < -0.39 is 0 Å². The first-order chi connectivity index (χ1) is 12.5. The summed E-state index contributed by atoms with van der Waals surface area (Å²) in [7, 11) is 0. The van der Waals surface area contributed by atoms with Gasteiger partial charge in [0, 0.05) is 10.9 Å². The molecule has 7 heteroatoms. The first kappa shape index (κ1) is 18.0. The predicted octanol–water partition coefficient (Wildman–Crippen LogP) is 3.65. The van der Waals surface area contributed by atoms with Crippen molar-refractivity contribution in [3.63, 3.8) is 0 Å². The summed E-state index contributed by atoms with van der Waals surface area (Å²) >= 11 is 2.99. The smallest absolute Gasteiger partial charge is 0.260 e. The lowest BCUT2D eigenvalue weighted by molar-refractivity contribution is -0.120. The van der Waals surface area contributed by atoms with Crippen LogP contribution in [0.5, 0.6) is 0 Å². The number of hydrogen-bond acceptors (Lipinski definition) is 5. The van der Waals surface area contributed by atoms with E-state index in [0.717, 1.165) is 42.3 Å². The molecule has 2 aromatic rings. The zero-order valence-electron chi connectivity index (χ0n) is 15.3. The zero-order chi connectivity index (χ0) is 18.3. The maximum Gasteiger partial charge on any atom is 0.260 e. The van der Waals surface area contributed by atoms with E-state index in [1.807, 2.05) is 6.92 Å². The third kappa shape index (κ3) is 3.56. The van der Waals surface area contributed by atoms with Crippen molar-refractivity contribution in [2.75, 3.05) is 0 Å². The number of thiophene rings is 1. The minimum atomic E-state index is -0.272. The van der Waals surface area contributed by atoms with Crippen LogP contribution in [0, 0.1) is 5.92 Å². The average Bonchev–Trinajstić information content (AvgIpc) is 3.21. The standard InChI is InChI=1S/C19H25N3O2S2/c1-10-7-8-13-14(9-10)26-18-15(13)17(24)21-19(22-18)25-11(2)16(23)20-12-5-3-4-6-12/h10-12H,3-9H2,1-2H3,(H,20,23)(H,21,22,24)/t10-,11+/m0/s1. The van der Waals surface area contributed by atoms with E-state index in [2.05, 4.69) is 22.2 Å². The number of aryl methyl sites for hydroxylation is 1. The number of rotatable bonds is 4. The van der Waals surface area contributed by atoms with Crippen molar-refractivity contribution in [3.8, 4) is 0 Å². The number of hydrogen-bond donors (Lipinski definition) is 2. The Hall–Kier alpha value is -1.34. The molecule has 1 fully saturated rings. The van der Waals surface area contributed by atoms with Crippen molar-refractivity contribution in [3.05, 3.63) is 20.8 Å². The van der Waals surface area contributed by atoms with Gasteiger partial charge in [0.15, 0.2) is 5.16 Å². The number of nitrogens with zero attached hydrogens (tertiary/aromatic N) is 1. The fourth-order valence-corrected chi connectivity index (χ4v) is 6.24. The van der Waals surface area contributed by atoms with Crippen LogP contribution in [0.25, 0.3) is 10.2 Å². The first-order valence-corrected chi connectivity index (χ1v) is 11.2. The van der Waals surface area contributed by atoms with Crippen molar-refractivity contribution in [1.82, 2.24) is 15.3 Å². The van der Waals surface area contributed by atoms with Crippen molar-refractivity contribution < 1.29 is 4.79 Å². The molecule has 2 N–H and O–H groups in total.